The van der Waals surface area contributed by atoms with E-state index in [0.717, 1.165) is 6.42 Å². The highest BCUT2D eigenvalue weighted by atomic mass is 28.4. The van der Waals surface area contributed by atoms with Crippen molar-refractivity contribution in [3.05, 3.63) is 29.1 Å². The normalized spacial score (nSPS) is 22.1. The van der Waals surface area contributed by atoms with Crippen LogP contribution in [0, 0.1) is 11.8 Å². The molecule has 31 heavy (non-hydrogen) atoms. The van der Waals surface area contributed by atoms with Gasteiger partial charge in [0.25, 0.3) is 5.56 Å². The fourth-order valence-electron chi connectivity index (χ4n) is 3.95. The summed E-state index contributed by atoms with van der Waals surface area (Å²) >= 11 is 0. The molecular weight excluding hydrogens is 414 g/mol. The number of imidazole rings is 2. The Labute approximate surface area is 181 Å². The SMILES string of the molecule is CC(=O)OC[C@H]1C[C@@H](n2cnc3c(=O)n4ccnc4[nH]c32)[C@@H]1CO[Si](C)(C)C(C)(C)C. The fourth-order valence-corrected chi connectivity index (χ4v) is 5.00. The summed E-state index contributed by atoms with van der Waals surface area (Å²) in [5.74, 6) is 0.582. The molecule has 0 bridgehead atoms. The largest absolute Gasteiger partial charge is 0.466 e. The van der Waals surface area contributed by atoms with Crippen LogP contribution in [-0.2, 0) is 14.0 Å². The van der Waals surface area contributed by atoms with E-state index in [9.17, 15) is 9.59 Å². The maximum Gasteiger partial charge on any atom is 0.302 e. The predicted octanol–water partition coefficient (Wildman–Crippen LogP) is 3.13. The van der Waals surface area contributed by atoms with Crippen molar-refractivity contribution in [1.29, 1.82) is 0 Å². The van der Waals surface area contributed by atoms with E-state index >= 15 is 0 Å². The number of carbonyl (C=O) groups is 1. The molecule has 0 amide bonds. The Morgan fingerprint density at radius 1 is 1.29 bits per heavy atom. The van der Waals surface area contributed by atoms with E-state index in [0.29, 0.717) is 30.2 Å². The summed E-state index contributed by atoms with van der Waals surface area (Å²) in [4.78, 5) is 35.9. The Hall–Kier alpha value is -2.46. The summed E-state index contributed by atoms with van der Waals surface area (Å²) in [7, 11) is -1.93. The summed E-state index contributed by atoms with van der Waals surface area (Å²) in [6.07, 6.45) is 5.76. The molecule has 168 valence electrons. The van der Waals surface area contributed by atoms with E-state index < -0.39 is 8.32 Å². The molecule has 4 rings (SSSR count). The zero-order valence-electron chi connectivity index (χ0n) is 19.0. The second kappa shape index (κ2) is 7.59. The minimum atomic E-state index is -1.93. The van der Waals surface area contributed by atoms with Crippen LogP contribution < -0.4 is 5.56 Å². The van der Waals surface area contributed by atoms with Gasteiger partial charge in [0, 0.05) is 43.8 Å². The van der Waals surface area contributed by atoms with Crippen LogP contribution >= 0.6 is 0 Å². The lowest BCUT2D eigenvalue weighted by atomic mass is 9.70. The Kier molecular flexibility index (Phi) is 5.33. The van der Waals surface area contributed by atoms with E-state index in [-0.39, 0.29) is 34.4 Å². The number of nitrogens with one attached hydrogen (secondary N) is 1. The second-order valence-corrected chi connectivity index (χ2v) is 14.8. The van der Waals surface area contributed by atoms with Crippen molar-refractivity contribution >= 4 is 31.2 Å². The van der Waals surface area contributed by atoms with Gasteiger partial charge in [-0.2, -0.15) is 0 Å². The quantitative estimate of drug-likeness (QED) is 0.462. The standard InChI is InChI=1S/C21H31N5O4Si/c1-13(27)29-10-14-9-16(15(14)11-30-31(5,6)21(2,3)4)26-12-23-17-18(26)24-20-22-7-8-25(20)19(17)28/h7-8,12,14-16H,9-11H2,1-6H3,(H,22,24)/t14-,15-,16-/m1/s1. The zero-order valence-corrected chi connectivity index (χ0v) is 20.0. The number of H-pyrrole nitrogens is 1. The van der Waals surface area contributed by atoms with Crippen LogP contribution in [0.4, 0.5) is 0 Å². The lowest BCUT2D eigenvalue weighted by Gasteiger charge is -2.47. The molecule has 0 unspecified atom stereocenters. The van der Waals surface area contributed by atoms with Crippen molar-refractivity contribution in [1.82, 2.24) is 23.9 Å². The van der Waals surface area contributed by atoms with Gasteiger partial charge in [0.2, 0.25) is 5.78 Å². The average molecular weight is 446 g/mol. The van der Waals surface area contributed by atoms with Crippen LogP contribution in [0.15, 0.2) is 23.5 Å². The number of nitrogens with zero attached hydrogens (tertiary/aromatic N) is 4. The molecule has 0 saturated heterocycles. The van der Waals surface area contributed by atoms with Gasteiger partial charge in [0.05, 0.1) is 12.9 Å². The van der Waals surface area contributed by atoms with E-state index in [4.69, 9.17) is 9.16 Å². The van der Waals surface area contributed by atoms with Gasteiger partial charge in [0.1, 0.15) is 5.65 Å². The van der Waals surface area contributed by atoms with Gasteiger partial charge >= 0.3 is 5.97 Å². The summed E-state index contributed by atoms with van der Waals surface area (Å²) in [5, 5.41) is 0.108. The highest BCUT2D eigenvalue weighted by Crippen LogP contribution is 2.47. The summed E-state index contributed by atoms with van der Waals surface area (Å²) in [5.41, 5.74) is 0.861. The maximum absolute atomic E-state index is 12.7. The molecule has 1 saturated carbocycles. The highest BCUT2D eigenvalue weighted by Gasteiger charge is 2.46. The Bertz CT molecular complexity index is 1170. The van der Waals surface area contributed by atoms with Crippen LogP contribution in [0.1, 0.15) is 40.2 Å². The second-order valence-electron chi connectivity index (χ2n) is 10.0. The van der Waals surface area contributed by atoms with Crippen molar-refractivity contribution < 1.29 is 14.0 Å². The fraction of sp³-hybridized carbons (Fsp3) is 0.619. The molecule has 3 aromatic heterocycles. The van der Waals surface area contributed by atoms with Gasteiger partial charge in [0.15, 0.2) is 13.8 Å². The van der Waals surface area contributed by atoms with Crippen molar-refractivity contribution in [3.8, 4) is 0 Å². The number of hydrogen-bond acceptors (Lipinski definition) is 6. The Morgan fingerprint density at radius 2 is 2.03 bits per heavy atom. The molecule has 3 aromatic rings. The van der Waals surface area contributed by atoms with Gasteiger partial charge in [-0.25, -0.2) is 14.4 Å². The lowest BCUT2D eigenvalue weighted by Crippen LogP contribution is -2.48. The van der Waals surface area contributed by atoms with Gasteiger partial charge in [-0.15, -0.1) is 0 Å². The Morgan fingerprint density at radius 3 is 2.71 bits per heavy atom. The van der Waals surface area contributed by atoms with Gasteiger partial charge in [-0.05, 0) is 24.6 Å². The minimum absolute atomic E-state index is 0.100. The maximum atomic E-state index is 12.7. The lowest BCUT2D eigenvalue weighted by molar-refractivity contribution is -0.145. The van der Waals surface area contributed by atoms with E-state index in [1.807, 2.05) is 4.57 Å². The molecule has 0 spiro atoms. The first kappa shape index (κ1) is 21.8. The molecule has 3 heterocycles. The van der Waals surface area contributed by atoms with Crippen molar-refractivity contribution in [2.45, 2.75) is 58.3 Å². The van der Waals surface area contributed by atoms with Gasteiger partial charge in [-0.3, -0.25) is 9.59 Å². The van der Waals surface area contributed by atoms with Crippen LogP contribution in [0.5, 0.6) is 0 Å². The van der Waals surface area contributed by atoms with Crippen LogP contribution in [-0.4, -0.2) is 51.4 Å². The number of aromatic amines is 1. The molecule has 10 heteroatoms. The van der Waals surface area contributed by atoms with E-state index in [1.54, 1.807) is 18.7 Å². The molecule has 1 aliphatic rings. The number of esters is 1. The van der Waals surface area contributed by atoms with Crippen molar-refractivity contribution in [2.24, 2.45) is 11.8 Å². The summed E-state index contributed by atoms with van der Waals surface area (Å²) in [6, 6.07) is 0.100. The molecule has 1 fully saturated rings. The van der Waals surface area contributed by atoms with Crippen LogP contribution in [0.3, 0.4) is 0 Å². The predicted molar refractivity (Wildman–Crippen MR) is 120 cm³/mol. The summed E-state index contributed by atoms with van der Waals surface area (Å²) in [6.45, 7) is 13.5. The van der Waals surface area contributed by atoms with Crippen LogP contribution in [0.2, 0.25) is 18.1 Å². The first-order valence-electron chi connectivity index (χ1n) is 10.7. The first-order chi connectivity index (χ1) is 14.5. The number of rotatable bonds is 6. The molecule has 0 radical (unpaired) electrons. The minimum Gasteiger partial charge on any atom is -0.466 e. The summed E-state index contributed by atoms with van der Waals surface area (Å²) < 4.78 is 15.3. The van der Waals surface area contributed by atoms with E-state index in [2.05, 4.69) is 48.8 Å². The topological polar surface area (TPSA) is 104 Å². The number of aromatic nitrogens is 5. The highest BCUT2D eigenvalue weighted by molar-refractivity contribution is 6.74. The monoisotopic (exact) mass is 445 g/mol. The third-order valence-corrected chi connectivity index (χ3v) is 11.5. The Balaban J connectivity index is 1.64. The first-order valence-corrected chi connectivity index (χ1v) is 13.6. The molecular formula is C21H31N5O4Si. The van der Waals surface area contributed by atoms with Crippen molar-refractivity contribution in [2.75, 3.05) is 13.2 Å². The smallest absolute Gasteiger partial charge is 0.302 e. The zero-order chi connectivity index (χ0) is 22.6. The van der Waals surface area contributed by atoms with Gasteiger partial charge < -0.3 is 18.7 Å². The van der Waals surface area contributed by atoms with Crippen LogP contribution in [0.25, 0.3) is 16.9 Å². The van der Waals surface area contributed by atoms with E-state index in [1.165, 1.54) is 11.3 Å². The van der Waals surface area contributed by atoms with Gasteiger partial charge in [-0.1, -0.05) is 20.8 Å². The average Bonchev–Trinajstić information content (AvgIpc) is 3.27. The molecule has 1 aliphatic carbocycles. The third kappa shape index (κ3) is 3.82. The number of fused-ring (bicyclic) bond motifs is 2. The number of hydrogen-bond donors (Lipinski definition) is 1. The molecule has 0 aliphatic heterocycles. The molecule has 3 atom stereocenters. The molecule has 0 aromatic carbocycles. The molecule has 9 nitrogen and oxygen atoms in total. The number of ether oxygens (including phenoxy) is 1. The third-order valence-electron chi connectivity index (χ3n) is 7.03. The number of carbonyl (C=O) groups excluding carboxylic acids is 1. The molecule has 1 N–H and O–H groups in total. The van der Waals surface area contributed by atoms with Crippen molar-refractivity contribution in [3.63, 3.8) is 0 Å².